The smallest absolute Gasteiger partial charge is 0.324 e. The van der Waals surface area contributed by atoms with Gasteiger partial charge in [-0.15, -0.1) is 0 Å². The quantitative estimate of drug-likeness (QED) is 0.738. The molecule has 1 aromatic rings. The van der Waals surface area contributed by atoms with Crippen LogP contribution in [-0.2, 0) is 10.8 Å². The molecule has 0 heterocycles. The summed E-state index contributed by atoms with van der Waals surface area (Å²) in [6, 6.07) is 7.79. The second-order valence-electron chi connectivity index (χ2n) is 5.31. The van der Waals surface area contributed by atoms with Gasteiger partial charge in [-0.2, -0.15) is 0 Å². The van der Waals surface area contributed by atoms with Gasteiger partial charge in [-0.05, 0) is 50.2 Å². The summed E-state index contributed by atoms with van der Waals surface area (Å²) in [5.74, 6) is -0.178. The fraction of sp³-hybridized carbons (Fsp3) is 0.500. The molecule has 0 unspecified atom stereocenters. The van der Waals surface area contributed by atoms with Crippen LogP contribution in [0.2, 0.25) is 19.6 Å². The van der Waals surface area contributed by atoms with Crippen LogP contribution >= 0.6 is 0 Å². The third-order valence-electron chi connectivity index (χ3n) is 2.38. The topological polar surface area (TPSA) is 26.3 Å². The minimum atomic E-state index is -1.80. The largest absolute Gasteiger partial charge is 0.516 e. The van der Waals surface area contributed by atoms with Crippen LogP contribution in [0.1, 0.15) is 35.7 Å². The first-order valence-electron chi connectivity index (χ1n) is 6.24. The summed E-state index contributed by atoms with van der Waals surface area (Å²) < 4.78 is 5.48. The Morgan fingerprint density at radius 3 is 2.59 bits per heavy atom. The Balaban J connectivity index is 2.74. The molecule has 0 saturated carbocycles. The lowest BCUT2D eigenvalue weighted by Crippen LogP contribution is -2.29. The van der Waals surface area contributed by atoms with E-state index in [2.05, 4.69) is 13.0 Å². The molecule has 0 aliphatic carbocycles. The first-order valence-corrected chi connectivity index (χ1v) is 9.65. The number of carbonyl (C=O) groups is 1. The van der Waals surface area contributed by atoms with E-state index in [0.29, 0.717) is 5.56 Å². The van der Waals surface area contributed by atoms with Gasteiger partial charge in [0.1, 0.15) is 0 Å². The standard InChI is InChI=1S/C14H22O2Si/c1-5-6-8-12-9-7-10-13(11-12)14(15)16-17(2,3)4/h7,9-11H,5-6,8H2,1-4H3. The monoisotopic (exact) mass is 250 g/mol. The fourth-order valence-electron chi connectivity index (χ4n) is 1.57. The molecule has 0 spiro atoms. The number of aryl methyl sites for hydroxylation is 1. The SMILES string of the molecule is CCCCc1cccc(C(=O)O[Si](C)(C)C)c1. The lowest BCUT2D eigenvalue weighted by Gasteiger charge is -2.17. The molecule has 0 saturated heterocycles. The van der Waals surface area contributed by atoms with Crippen molar-refractivity contribution in [2.24, 2.45) is 0 Å². The van der Waals surface area contributed by atoms with Crippen LogP contribution in [-0.4, -0.2) is 14.3 Å². The van der Waals surface area contributed by atoms with Gasteiger partial charge in [0, 0.05) is 0 Å². The Hall–Kier alpha value is -1.09. The van der Waals surface area contributed by atoms with Crippen LogP contribution in [0.5, 0.6) is 0 Å². The third kappa shape index (κ3) is 5.17. The van der Waals surface area contributed by atoms with Gasteiger partial charge >= 0.3 is 5.97 Å². The van der Waals surface area contributed by atoms with E-state index in [-0.39, 0.29) is 5.97 Å². The molecule has 2 nitrogen and oxygen atoms in total. The van der Waals surface area contributed by atoms with Crippen LogP contribution in [0.4, 0.5) is 0 Å². The van der Waals surface area contributed by atoms with Crippen molar-refractivity contribution < 1.29 is 9.22 Å². The number of carbonyl (C=O) groups excluding carboxylic acids is 1. The minimum Gasteiger partial charge on any atom is -0.516 e. The summed E-state index contributed by atoms with van der Waals surface area (Å²) in [7, 11) is -1.80. The molecule has 0 atom stereocenters. The van der Waals surface area contributed by atoms with E-state index < -0.39 is 8.32 Å². The van der Waals surface area contributed by atoms with Gasteiger partial charge in [0.2, 0.25) is 8.32 Å². The maximum atomic E-state index is 11.9. The number of rotatable bonds is 5. The maximum absolute atomic E-state index is 11.9. The van der Waals surface area contributed by atoms with Crippen molar-refractivity contribution in [2.45, 2.75) is 45.8 Å². The Morgan fingerprint density at radius 2 is 2.00 bits per heavy atom. The molecule has 3 heteroatoms. The van der Waals surface area contributed by atoms with Crippen molar-refractivity contribution in [1.29, 1.82) is 0 Å². The fourth-order valence-corrected chi connectivity index (χ4v) is 2.25. The highest BCUT2D eigenvalue weighted by Gasteiger charge is 2.20. The average molecular weight is 250 g/mol. The Morgan fingerprint density at radius 1 is 1.29 bits per heavy atom. The van der Waals surface area contributed by atoms with Gasteiger partial charge in [0.05, 0.1) is 5.56 Å². The average Bonchev–Trinajstić information content (AvgIpc) is 2.24. The van der Waals surface area contributed by atoms with Gasteiger partial charge in [-0.1, -0.05) is 25.5 Å². The molecule has 0 amide bonds. The van der Waals surface area contributed by atoms with E-state index >= 15 is 0 Å². The van der Waals surface area contributed by atoms with Crippen LogP contribution in [0.25, 0.3) is 0 Å². The molecule has 0 fully saturated rings. The van der Waals surface area contributed by atoms with Crippen LogP contribution in [0, 0.1) is 0 Å². The van der Waals surface area contributed by atoms with E-state index in [9.17, 15) is 4.79 Å². The van der Waals surface area contributed by atoms with Crippen LogP contribution in [0.3, 0.4) is 0 Å². The highest BCUT2D eigenvalue weighted by Crippen LogP contribution is 2.13. The summed E-state index contributed by atoms with van der Waals surface area (Å²) >= 11 is 0. The van der Waals surface area contributed by atoms with Crippen molar-refractivity contribution in [3.8, 4) is 0 Å². The Bertz CT molecular complexity index is 380. The van der Waals surface area contributed by atoms with E-state index in [1.165, 1.54) is 12.0 Å². The van der Waals surface area contributed by atoms with E-state index in [1.807, 2.05) is 37.8 Å². The van der Waals surface area contributed by atoms with E-state index in [1.54, 1.807) is 0 Å². The number of hydrogen-bond donors (Lipinski definition) is 0. The second kappa shape index (κ2) is 6.01. The van der Waals surface area contributed by atoms with Crippen molar-refractivity contribution in [2.75, 3.05) is 0 Å². The summed E-state index contributed by atoms with van der Waals surface area (Å²) in [4.78, 5) is 11.9. The van der Waals surface area contributed by atoms with Gasteiger partial charge in [0.15, 0.2) is 0 Å². The first-order chi connectivity index (χ1) is 7.92. The first kappa shape index (κ1) is 14.0. The second-order valence-corrected chi connectivity index (χ2v) is 9.73. The molecule has 0 aliphatic heterocycles. The highest BCUT2D eigenvalue weighted by molar-refractivity contribution is 6.71. The molecule has 0 N–H and O–H groups in total. The number of benzene rings is 1. The molecular formula is C14H22O2Si. The van der Waals surface area contributed by atoms with Gasteiger partial charge < -0.3 is 4.43 Å². The number of unbranched alkanes of at least 4 members (excludes halogenated alkanes) is 1. The van der Waals surface area contributed by atoms with Crippen LogP contribution < -0.4 is 0 Å². The zero-order valence-electron chi connectivity index (χ0n) is 11.2. The molecule has 0 aromatic heterocycles. The van der Waals surface area contributed by atoms with Crippen molar-refractivity contribution >= 4 is 14.3 Å². The molecule has 0 aliphatic rings. The summed E-state index contributed by atoms with van der Waals surface area (Å²) in [6.45, 7) is 8.23. The third-order valence-corrected chi connectivity index (χ3v) is 3.18. The minimum absolute atomic E-state index is 0.178. The summed E-state index contributed by atoms with van der Waals surface area (Å²) in [5, 5.41) is 0. The Labute approximate surface area is 105 Å². The maximum Gasteiger partial charge on any atom is 0.324 e. The van der Waals surface area contributed by atoms with E-state index in [0.717, 1.165) is 12.8 Å². The number of hydrogen-bond acceptors (Lipinski definition) is 2. The molecular weight excluding hydrogens is 228 g/mol. The molecule has 0 bridgehead atoms. The molecule has 0 radical (unpaired) electrons. The van der Waals surface area contributed by atoms with Gasteiger partial charge in [0.25, 0.3) is 0 Å². The summed E-state index contributed by atoms with van der Waals surface area (Å²) in [6.07, 6.45) is 3.36. The lowest BCUT2D eigenvalue weighted by molar-refractivity contribution is 0.0724. The zero-order valence-corrected chi connectivity index (χ0v) is 12.2. The van der Waals surface area contributed by atoms with Gasteiger partial charge in [-0.3, -0.25) is 0 Å². The molecule has 17 heavy (non-hydrogen) atoms. The molecule has 1 rings (SSSR count). The molecule has 94 valence electrons. The lowest BCUT2D eigenvalue weighted by atomic mass is 10.1. The van der Waals surface area contributed by atoms with E-state index in [4.69, 9.17) is 4.43 Å². The normalized spacial score (nSPS) is 11.3. The predicted octanol–water partition coefficient (Wildman–Crippen LogP) is 4.02. The predicted molar refractivity (Wildman–Crippen MR) is 73.8 cm³/mol. The van der Waals surface area contributed by atoms with Crippen LogP contribution in [0.15, 0.2) is 24.3 Å². The van der Waals surface area contributed by atoms with Crippen molar-refractivity contribution in [3.63, 3.8) is 0 Å². The Kier molecular flexibility index (Phi) is 4.94. The van der Waals surface area contributed by atoms with Crippen molar-refractivity contribution in [3.05, 3.63) is 35.4 Å². The summed E-state index contributed by atoms with van der Waals surface area (Å²) in [5.41, 5.74) is 1.90. The highest BCUT2D eigenvalue weighted by atomic mass is 28.4. The molecule has 1 aromatic carbocycles. The zero-order chi connectivity index (χ0) is 12.9. The van der Waals surface area contributed by atoms with Gasteiger partial charge in [-0.25, -0.2) is 4.79 Å². The van der Waals surface area contributed by atoms with Crippen molar-refractivity contribution in [1.82, 2.24) is 0 Å².